The molecule has 92 valence electrons. The van der Waals surface area contributed by atoms with Gasteiger partial charge in [-0.2, -0.15) is 4.98 Å². The molecule has 0 spiro atoms. The summed E-state index contributed by atoms with van der Waals surface area (Å²) in [6.45, 7) is 0. The molecule has 1 aliphatic carbocycles. The molecule has 0 bridgehead atoms. The van der Waals surface area contributed by atoms with Crippen molar-refractivity contribution in [3.63, 3.8) is 0 Å². The van der Waals surface area contributed by atoms with E-state index in [0.29, 0.717) is 22.8 Å². The monoisotopic (exact) mass is 260 g/mol. The van der Waals surface area contributed by atoms with E-state index in [9.17, 15) is 0 Å². The Hall–Kier alpha value is -1.81. The standard InChI is InChI=1S/C13H13ClN4/c14-9-3-1-8(2-4-9)11-7-16-13(18-12(11)15)17-10-5-6-10/h1-4,7,10H,5-6H2,(H3,15,16,17,18). The molecule has 2 aromatic rings. The second-order valence-electron chi connectivity index (χ2n) is 4.42. The number of nitrogens with two attached hydrogens (primary N) is 1. The average Bonchev–Trinajstić information content (AvgIpc) is 3.15. The fourth-order valence-corrected chi connectivity index (χ4v) is 1.85. The number of halogens is 1. The van der Waals surface area contributed by atoms with Crippen molar-refractivity contribution in [2.24, 2.45) is 0 Å². The summed E-state index contributed by atoms with van der Waals surface area (Å²) < 4.78 is 0. The van der Waals surface area contributed by atoms with Gasteiger partial charge in [0.25, 0.3) is 0 Å². The number of hydrogen-bond donors (Lipinski definition) is 2. The minimum Gasteiger partial charge on any atom is -0.383 e. The van der Waals surface area contributed by atoms with E-state index in [-0.39, 0.29) is 0 Å². The highest BCUT2D eigenvalue weighted by Crippen LogP contribution is 2.27. The number of hydrogen-bond acceptors (Lipinski definition) is 4. The molecule has 18 heavy (non-hydrogen) atoms. The molecular weight excluding hydrogens is 248 g/mol. The van der Waals surface area contributed by atoms with E-state index in [1.807, 2.05) is 24.3 Å². The average molecular weight is 261 g/mol. The second kappa shape index (κ2) is 4.46. The smallest absolute Gasteiger partial charge is 0.224 e. The lowest BCUT2D eigenvalue weighted by molar-refractivity contribution is 1.06. The van der Waals surface area contributed by atoms with E-state index >= 15 is 0 Å². The van der Waals surface area contributed by atoms with Crippen LogP contribution in [0.25, 0.3) is 11.1 Å². The summed E-state index contributed by atoms with van der Waals surface area (Å²) >= 11 is 5.86. The Balaban J connectivity index is 1.89. The van der Waals surface area contributed by atoms with Crippen LogP contribution in [0, 0.1) is 0 Å². The largest absolute Gasteiger partial charge is 0.383 e. The highest BCUT2D eigenvalue weighted by Gasteiger charge is 2.22. The van der Waals surface area contributed by atoms with Crippen LogP contribution in [-0.4, -0.2) is 16.0 Å². The highest BCUT2D eigenvalue weighted by atomic mass is 35.5. The summed E-state index contributed by atoms with van der Waals surface area (Å²) in [5.74, 6) is 1.09. The fraction of sp³-hybridized carbons (Fsp3) is 0.231. The maximum atomic E-state index is 5.96. The molecular formula is C13H13ClN4. The van der Waals surface area contributed by atoms with Crippen LogP contribution in [-0.2, 0) is 0 Å². The van der Waals surface area contributed by atoms with Crippen LogP contribution in [0.15, 0.2) is 30.5 Å². The van der Waals surface area contributed by atoms with Crippen LogP contribution < -0.4 is 11.1 Å². The lowest BCUT2D eigenvalue weighted by atomic mass is 10.1. The minimum atomic E-state index is 0.482. The Labute approximate surface area is 110 Å². The van der Waals surface area contributed by atoms with Crippen molar-refractivity contribution >= 4 is 23.4 Å². The first kappa shape index (κ1) is 11.3. The van der Waals surface area contributed by atoms with Crippen molar-refractivity contribution in [3.05, 3.63) is 35.5 Å². The molecule has 0 unspecified atom stereocenters. The first-order chi connectivity index (χ1) is 8.72. The zero-order valence-electron chi connectivity index (χ0n) is 9.73. The van der Waals surface area contributed by atoms with Gasteiger partial charge in [-0.3, -0.25) is 0 Å². The third kappa shape index (κ3) is 2.38. The maximum Gasteiger partial charge on any atom is 0.224 e. The Bertz CT molecular complexity index is 564. The Morgan fingerprint density at radius 2 is 1.94 bits per heavy atom. The third-order valence-corrected chi connectivity index (χ3v) is 3.14. The van der Waals surface area contributed by atoms with E-state index in [4.69, 9.17) is 17.3 Å². The fourth-order valence-electron chi connectivity index (χ4n) is 1.73. The van der Waals surface area contributed by atoms with E-state index in [1.165, 1.54) is 12.8 Å². The van der Waals surface area contributed by atoms with Gasteiger partial charge in [0.15, 0.2) is 0 Å². The van der Waals surface area contributed by atoms with Crippen LogP contribution in [0.5, 0.6) is 0 Å². The van der Waals surface area contributed by atoms with Crippen molar-refractivity contribution in [2.45, 2.75) is 18.9 Å². The molecule has 0 amide bonds. The van der Waals surface area contributed by atoms with Crippen LogP contribution in [0.1, 0.15) is 12.8 Å². The second-order valence-corrected chi connectivity index (χ2v) is 4.85. The van der Waals surface area contributed by atoms with Gasteiger partial charge in [0.05, 0.1) is 0 Å². The number of nitrogen functional groups attached to an aromatic ring is 1. The molecule has 3 N–H and O–H groups in total. The number of aromatic nitrogens is 2. The predicted molar refractivity (Wildman–Crippen MR) is 73.5 cm³/mol. The first-order valence-electron chi connectivity index (χ1n) is 5.87. The van der Waals surface area contributed by atoms with Crippen LogP contribution in [0.2, 0.25) is 5.02 Å². The number of rotatable bonds is 3. The molecule has 1 aromatic carbocycles. The van der Waals surface area contributed by atoms with Gasteiger partial charge in [0.2, 0.25) is 5.95 Å². The molecule has 0 aliphatic heterocycles. The van der Waals surface area contributed by atoms with Gasteiger partial charge in [-0.15, -0.1) is 0 Å². The van der Waals surface area contributed by atoms with Gasteiger partial charge in [-0.1, -0.05) is 23.7 Å². The summed E-state index contributed by atoms with van der Waals surface area (Å²) in [6.07, 6.45) is 4.11. The zero-order valence-corrected chi connectivity index (χ0v) is 10.5. The molecule has 0 saturated heterocycles. The number of nitrogens with one attached hydrogen (secondary N) is 1. The summed E-state index contributed by atoms with van der Waals surface area (Å²) in [7, 11) is 0. The van der Waals surface area contributed by atoms with Crippen molar-refractivity contribution < 1.29 is 0 Å². The van der Waals surface area contributed by atoms with Crippen LogP contribution >= 0.6 is 11.6 Å². The summed E-state index contributed by atoms with van der Waals surface area (Å²) in [4.78, 5) is 8.56. The number of anilines is 2. The molecule has 3 rings (SSSR count). The minimum absolute atomic E-state index is 0.482. The molecule has 1 saturated carbocycles. The van der Waals surface area contributed by atoms with E-state index in [2.05, 4.69) is 15.3 Å². The van der Waals surface area contributed by atoms with Gasteiger partial charge in [-0.25, -0.2) is 4.98 Å². The van der Waals surface area contributed by atoms with Crippen LogP contribution in [0.3, 0.4) is 0 Å². The van der Waals surface area contributed by atoms with Gasteiger partial charge in [-0.05, 0) is 30.5 Å². The number of benzene rings is 1. The molecule has 4 nitrogen and oxygen atoms in total. The normalized spacial score (nSPS) is 14.5. The van der Waals surface area contributed by atoms with Crippen molar-refractivity contribution in [1.29, 1.82) is 0 Å². The lowest BCUT2D eigenvalue weighted by Gasteiger charge is -2.07. The lowest BCUT2D eigenvalue weighted by Crippen LogP contribution is -2.07. The third-order valence-electron chi connectivity index (χ3n) is 2.88. The Morgan fingerprint density at radius 1 is 1.22 bits per heavy atom. The van der Waals surface area contributed by atoms with Gasteiger partial charge in [0, 0.05) is 22.8 Å². The summed E-state index contributed by atoms with van der Waals surface area (Å²) in [6, 6.07) is 7.99. The quantitative estimate of drug-likeness (QED) is 0.891. The summed E-state index contributed by atoms with van der Waals surface area (Å²) in [5.41, 5.74) is 7.76. The molecule has 5 heteroatoms. The molecule has 1 fully saturated rings. The van der Waals surface area contributed by atoms with E-state index < -0.39 is 0 Å². The zero-order chi connectivity index (χ0) is 12.5. The number of nitrogens with zero attached hydrogens (tertiary/aromatic N) is 2. The van der Waals surface area contributed by atoms with Gasteiger partial charge in [0.1, 0.15) is 5.82 Å². The predicted octanol–water partition coefficient (Wildman–Crippen LogP) is 2.95. The molecule has 1 heterocycles. The molecule has 0 atom stereocenters. The maximum absolute atomic E-state index is 5.96. The Morgan fingerprint density at radius 3 is 2.56 bits per heavy atom. The van der Waals surface area contributed by atoms with Crippen molar-refractivity contribution in [3.8, 4) is 11.1 Å². The first-order valence-corrected chi connectivity index (χ1v) is 6.25. The SMILES string of the molecule is Nc1nc(NC2CC2)ncc1-c1ccc(Cl)cc1. The van der Waals surface area contributed by atoms with E-state index in [0.717, 1.165) is 11.1 Å². The summed E-state index contributed by atoms with van der Waals surface area (Å²) in [5, 5.41) is 3.92. The van der Waals surface area contributed by atoms with Crippen LogP contribution in [0.4, 0.5) is 11.8 Å². The van der Waals surface area contributed by atoms with Gasteiger partial charge >= 0.3 is 0 Å². The molecule has 1 aromatic heterocycles. The van der Waals surface area contributed by atoms with E-state index in [1.54, 1.807) is 6.20 Å². The Kier molecular flexibility index (Phi) is 2.80. The topological polar surface area (TPSA) is 63.8 Å². The van der Waals surface area contributed by atoms with Gasteiger partial charge < -0.3 is 11.1 Å². The molecule has 0 radical (unpaired) electrons. The van der Waals surface area contributed by atoms with Crippen molar-refractivity contribution in [1.82, 2.24) is 9.97 Å². The van der Waals surface area contributed by atoms with Crippen molar-refractivity contribution in [2.75, 3.05) is 11.1 Å². The molecule has 1 aliphatic rings. The highest BCUT2D eigenvalue weighted by molar-refractivity contribution is 6.30.